The molecule has 0 aliphatic rings. The maximum atomic E-state index is 8.33. The average Bonchev–Trinajstić information content (AvgIpc) is 0.811. The van der Waals surface area contributed by atoms with E-state index in [1.165, 1.54) is 0 Å². The van der Waals surface area contributed by atoms with Gasteiger partial charge in [-0.2, -0.15) is 0 Å². The van der Waals surface area contributed by atoms with E-state index in [1.54, 1.807) is 0 Å². The summed E-state index contributed by atoms with van der Waals surface area (Å²) in [6.45, 7) is 0. The predicted molar refractivity (Wildman–Crippen MR) is 15.3 cm³/mol. The van der Waals surface area contributed by atoms with E-state index in [1.807, 2.05) is 0 Å². The van der Waals surface area contributed by atoms with Crippen LogP contribution in [0.2, 0.25) is 0 Å². The Morgan fingerprint density at radius 1 is 1.33 bits per heavy atom. The van der Waals surface area contributed by atoms with Gasteiger partial charge in [-0.15, -0.1) is 0 Å². The summed E-state index contributed by atoms with van der Waals surface area (Å²) in [6.07, 6.45) is -2.33. The number of carbonyl (C=O) groups is 1. The molecule has 0 heterocycles. The van der Waals surface area contributed by atoms with Crippen LogP contribution in [0.5, 0.6) is 0 Å². The van der Waals surface area contributed by atoms with Crippen LogP contribution in [0.25, 0.3) is 0 Å². The molecule has 0 aromatic carbocycles. The maximum absolute atomic E-state index is 8.33. The second-order valence-electron chi connectivity index (χ2n) is 0.250. The number of carbonyl (C=O) groups excluding carboxylic acids is 1. The smallest absolute Gasteiger partial charge is 0.652 e. The Labute approximate surface area is 55.4 Å². The first-order valence-electron chi connectivity index (χ1n) is 0.612. The third-order valence-corrected chi connectivity index (χ3v) is 0. The van der Waals surface area contributed by atoms with Crippen LogP contribution in [-0.4, -0.2) is 23.5 Å². The van der Waals surface area contributed by atoms with Crippen molar-refractivity contribution in [3.63, 3.8) is 0 Å². The molecule has 3 nitrogen and oxygen atoms in total. The van der Waals surface area contributed by atoms with Gasteiger partial charge in [-0.05, 0) is 6.16 Å². The van der Waals surface area contributed by atoms with Crippen LogP contribution < -0.4 is 10.2 Å². The average molecular weight is 149 g/mol. The molecule has 38 valence electrons. The van der Waals surface area contributed by atoms with E-state index in [2.05, 4.69) is 0 Å². The van der Waals surface area contributed by atoms with Gasteiger partial charge in [0, 0.05) is 0 Å². The Morgan fingerprint density at radius 3 is 1.33 bits per heavy atom. The Balaban J connectivity index is -0.0000000450. The molecule has 0 aromatic rings. The largest absolute Gasteiger partial charge is 2.00 e. The molecule has 6 heavy (non-hydrogen) atoms. The summed E-state index contributed by atoms with van der Waals surface area (Å²) >= 11 is 0. The summed E-state index contributed by atoms with van der Waals surface area (Å²) < 4.78 is 0. The molecular weight excluding hydrogens is 146 g/mol. The van der Waals surface area contributed by atoms with Crippen molar-refractivity contribution in [3.05, 3.63) is 0 Å². The first-order valence-corrected chi connectivity index (χ1v) is 0.612. The van der Waals surface area contributed by atoms with Gasteiger partial charge in [0.15, 0.2) is 17.4 Å². The zero-order chi connectivity index (χ0) is 3.58. The quantitative estimate of drug-likeness (QED) is 0.333. The van der Waals surface area contributed by atoms with Crippen molar-refractivity contribution >= 4 is 23.5 Å². The molecule has 0 saturated carbocycles. The molecule has 5 heteroatoms. The fourth-order valence-corrected chi connectivity index (χ4v) is 0. The number of hydrogen-bond donors (Lipinski definition) is 0. The minimum Gasteiger partial charge on any atom is -0.652 e. The number of rotatable bonds is 0. The molecule has 0 fully saturated rings. The Bertz CT molecular complexity index is 33.8. The van der Waals surface area contributed by atoms with Gasteiger partial charge in [-0.1, -0.05) is 0 Å². The number of hydrogen-bond acceptors (Lipinski definition) is 3. The van der Waals surface area contributed by atoms with Crippen LogP contribution in [-0.2, 0) is 16.5 Å². The Morgan fingerprint density at radius 2 is 1.33 bits per heavy atom. The molecule has 0 N–H and O–H groups in total. The summed E-state index contributed by atoms with van der Waals surface area (Å²) in [6, 6.07) is 0. The second-order valence-corrected chi connectivity index (χ2v) is 0.250. The second kappa shape index (κ2) is 9.00. The van der Waals surface area contributed by atoms with Crippen molar-refractivity contribution in [1.82, 2.24) is 0 Å². The minimum atomic E-state index is -2.33. The van der Waals surface area contributed by atoms with Crippen LogP contribution in [0.15, 0.2) is 0 Å². The molecule has 0 aliphatic carbocycles. The molecule has 0 saturated heterocycles. The molecule has 0 atom stereocenters. The van der Waals surface area contributed by atoms with Crippen molar-refractivity contribution in [2.24, 2.45) is 0 Å². The van der Waals surface area contributed by atoms with E-state index in [-0.39, 0.29) is 33.9 Å². The van der Waals surface area contributed by atoms with Crippen molar-refractivity contribution in [2.45, 2.75) is 0 Å². The first-order chi connectivity index (χ1) is 1.73. The van der Waals surface area contributed by atoms with Crippen molar-refractivity contribution in [1.29, 1.82) is 0 Å². The third kappa shape index (κ3) is 533. The van der Waals surface area contributed by atoms with Crippen molar-refractivity contribution in [3.8, 4) is 0 Å². The summed E-state index contributed by atoms with van der Waals surface area (Å²) in [7, 11) is 0. The molecule has 0 amide bonds. The van der Waals surface area contributed by atoms with E-state index in [9.17, 15) is 0 Å². The molecular formula is CH3AlNiO3. The molecule has 0 rings (SSSR count). The van der Waals surface area contributed by atoms with Gasteiger partial charge >= 0.3 is 16.5 Å². The molecule has 0 aliphatic heterocycles. The van der Waals surface area contributed by atoms with Crippen LogP contribution >= 0.6 is 0 Å². The fourth-order valence-electron chi connectivity index (χ4n) is 0. The SMILES string of the molecule is O=C([O-])[O-].[AlH3].[Ni+2]. The van der Waals surface area contributed by atoms with Gasteiger partial charge in [-0.3, -0.25) is 0 Å². The van der Waals surface area contributed by atoms with E-state index in [4.69, 9.17) is 15.0 Å². The Hall–Kier alpha value is 0.296. The first kappa shape index (κ1) is 16.3. The van der Waals surface area contributed by atoms with Crippen LogP contribution in [0, 0.1) is 0 Å². The maximum Gasteiger partial charge on any atom is 2.00 e. The Kier molecular flexibility index (Phi) is 24.4. The molecule has 0 bridgehead atoms. The van der Waals surface area contributed by atoms with Gasteiger partial charge in [-0.25, -0.2) is 0 Å². The van der Waals surface area contributed by atoms with Crippen LogP contribution in [0.4, 0.5) is 4.79 Å². The normalized spacial score (nSPS) is 4.00. The standard InChI is InChI=1S/CH2O3.Al.Ni.3H/c2-1(3)4;;;;;/h(H2,2,3,4);;;;;/q;;+2;;;/p-2. The summed E-state index contributed by atoms with van der Waals surface area (Å²) in [5.41, 5.74) is 0. The van der Waals surface area contributed by atoms with Gasteiger partial charge in [0.05, 0.1) is 0 Å². The molecule has 0 aromatic heterocycles. The molecule has 0 unspecified atom stereocenters. The van der Waals surface area contributed by atoms with Gasteiger partial charge in [0.1, 0.15) is 0 Å². The molecule has 0 radical (unpaired) electrons. The minimum absolute atomic E-state index is 0. The van der Waals surface area contributed by atoms with Gasteiger partial charge in [0.2, 0.25) is 0 Å². The fraction of sp³-hybridized carbons (Fsp3) is 0. The topological polar surface area (TPSA) is 63.2 Å². The van der Waals surface area contributed by atoms with Gasteiger partial charge < -0.3 is 15.0 Å². The van der Waals surface area contributed by atoms with Crippen LogP contribution in [0.3, 0.4) is 0 Å². The van der Waals surface area contributed by atoms with E-state index >= 15 is 0 Å². The van der Waals surface area contributed by atoms with E-state index in [0.29, 0.717) is 0 Å². The predicted octanol–water partition coefficient (Wildman–Crippen LogP) is -3.63. The van der Waals surface area contributed by atoms with E-state index < -0.39 is 6.16 Å². The zero-order valence-electron chi connectivity index (χ0n) is 2.04. The summed E-state index contributed by atoms with van der Waals surface area (Å²) in [5.74, 6) is 0. The van der Waals surface area contributed by atoms with Crippen molar-refractivity contribution < 1.29 is 31.5 Å². The van der Waals surface area contributed by atoms with Gasteiger partial charge in [0.25, 0.3) is 0 Å². The van der Waals surface area contributed by atoms with E-state index in [0.717, 1.165) is 0 Å². The molecule has 0 spiro atoms. The summed E-state index contributed by atoms with van der Waals surface area (Å²) in [4.78, 5) is 8.33. The third-order valence-electron chi connectivity index (χ3n) is 0. The monoisotopic (exact) mass is 148 g/mol. The number of carboxylic acid groups (broad SMARTS) is 2. The summed E-state index contributed by atoms with van der Waals surface area (Å²) in [5, 5.41) is 16.7. The van der Waals surface area contributed by atoms with Crippen LogP contribution in [0.1, 0.15) is 0 Å². The zero-order valence-corrected chi connectivity index (χ0v) is 3.03. The van der Waals surface area contributed by atoms with Crippen molar-refractivity contribution in [2.75, 3.05) is 0 Å².